The number of nitrogens with one attached hydrogen (secondary N) is 1. The Morgan fingerprint density at radius 3 is 2.74 bits per heavy atom. The Morgan fingerprint density at radius 2 is 1.90 bits per heavy atom. The maximum atomic E-state index is 12.2. The number of amides is 1. The number of carbonyl (C=O) groups excluding carboxylic acids is 1. The lowest BCUT2D eigenvalue weighted by atomic mass is 10.0. The molecule has 0 saturated carbocycles. The molecule has 0 aliphatic heterocycles. The van der Waals surface area contributed by atoms with Gasteiger partial charge in [0.25, 0.3) is 5.91 Å². The fourth-order valence-corrected chi connectivity index (χ4v) is 4.63. The van der Waals surface area contributed by atoms with Gasteiger partial charge in [0.2, 0.25) is 0 Å². The summed E-state index contributed by atoms with van der Waals surface area (Å²) in [4.78, 5) is 12.2. The molecule has 0 radical (unpaired) electrons. The topological polar surface area (TPSA) is 76.5 Å². The summed E-state index contributed by atoms with van der Waals surface area (Å²) in [6, 6.07) is 21.8. The van der Waals surface area contributed by atoms with Crippen LogP contribution in [0.5, 0.6) is 5.75 Å². The van der Waals surface area contributed by atoms with Gasteiger partial charge in [-0.3, -0.25) is 4.79 Å². The molecule has 0 bridgehead atoms. The molecule has 4 aromatic rings. The molecular weight excluding hydrogens is 428 g/mol. The number of hydrazone groups is 1. The van der Waals surface area contributed by atoms with Gasteiger partial charge in [-0.05, 0) is 23.8 Å². The molecule has 0 aliphatic carbocycles. The summed E-state index contributed by atoms with van der Waals surface area (Å²) in [5.74, 6) is 0.723. The maximum absolute atomic E-state index is 12.2. The third-order valence-corrected chi connectivity index (χ3v) is 6.47. The fraction of sp³-hybridized carbons (Fsp3) is 0.130. The van der Waals surface area contributed by atoms with Crippen LogP contribution in [-0.4, -0.2) is 34.7 Å². The first-order valence-electron chi connectivity index (χ1n) is 9.73. The van der Waals surface area contributed by atoms with Crippen molar-refractivity contribution in [2.24, 2.45) is 5.10 Å². The van der Waals surface area contributed by atoms with Gasteiger partial charge in [0.15, 0.2) is 4.34 Å². The largest absolute Gasteiger partial charge is 0.493 e. The number of rotatable bonds is 8. The lowest BCUT2D eigenvalue weighted by Crippen LogP contribution is -2.19. The van der Waals surface area contributed by atoms with Crippen LogP contribution in [0, 0.1) is 0 Å². The van der Waals surface area contributed by atoms with Crippen molar-refractivity contribution < 1.29 is 9.53 Å². The Bertz CT molecular complexity index is 1210. The van der Waals surface area contributed by atoms with Crippen molar-refractivity contribution in [3.63, 3.8) is 0 Å². The van der Waals surface area contributed by atoms with E-state index in [1.165, 1.54) is 23.1 Å². The SMILES string of the molecule is CCOc1ccc2ccccc2c1C=NNC(=O)CSc1nnc(-c2ccccc2)s1. The molecule has 1 N–H and O–H groups in total. The maximum Gasteiger partial charge on any atom is 0.250 e. The number of hydrogen-bond acceptors (Lipinski definition) is 7. The van der Waals surface area contributed by atoms with E-state index in [2.05, 4.69) is 20.7 Å². The van der Waals surface area contributed by atoms with Gasteiger partial charge < -0.3 is 4.74 Å². The smallest absolute Gasteiger partial charge is 0.250 e. The van der Waals surface area contributed by atoms with Crippen LogP contribution in [-0.2, 0) is 4.79 Å². The van der Waals surface area contributed by atoms with Crippen molar-refractivity contribution in [2.75, 3.05) is 12.4 Å². The number of aromatic nitrogens is 2. The Morgan fingerprint density at radius 1 is 1.10 bits per heavy atom. The molecule has 0 fully saturated rings. The first-order valence-corrected chi connectivity index (χ1v) is 11.5. The molecule has 4 rings (SSSR count). The third-order valence-electron chi connectivity index (χ3n) is 4.37. The number of nitrogens with zero attached hydrogens (tertiary/aromatic N) is 3. The second-order valence-corrected chi connectivity index (χ2v) is 8.65. The van der Waals surface area contributed by atoms with Gasteiger partial charge in [-0.25, -0.2) is 5.43 Å². The van der Waals surface area contributed by atoms with Crippen molar-refractivity contribution in [3.05, 3.63) is 72.3 Å². The summed E-state index contributed by atoms with van der Waals surface area (Å²) >= 11 is 2.80. The Hall–Kier alpha value is -3.23. The van der Waals surface area contributed by atoms with E-state index in [-0.39, 0.29) is 11.7 Å². The molecule has 3 aromatic carbocycles. The highest BCUT2D eigenvalue weighted by Crippen LogP contribution is 2.29. The second-order valence-electron chi connectivity index (χ2n) is 6.45. The van der Waals surface area contributed by atoms with Crippen LogP contribution in [0.4, 0.5) is 0 Å². The lowest BCUT2D eigenvalue weighted by Gasteiger charge is -2.10. The molecule has 0 spiro atoms. The van der Waals surface area contributed by atoms with Gasteiger partial charge in [0.1, 0.15) is 10.8 Å². The summed E-state index contributed by atoms with van der Waals surface area (Å²) in [7, 11) is 0. The molecular formula is C23H20N4O2S2. The van der Waals surface area contributed by atoms with E-state index in [1.54, 1.807) is 6.21 Å². The van der Waals surface area contributed by atoms with Crippen LogP contribution < -0.4 is 10.2 Å². The van der Waals surface area contributed by atoms with Gasteiger partial charge in [-0.15, -0.1) is 10.2 Å². The molecule has 1 aromatic heterocycles. The van der Waals surface area contributed by atoms with Crippen molar-refractivity contribution >= 4 is 46.0 Å². The zero-order chi connectivity index (χ0) is 21.5. The zero-order valence-electron chi connectivity index (χ0n) is 16.8. The minimum absolute atomic E-state index is 0.203. The van der Waals surface area contributed by atoms with Crippen LogP contribution in [0.1, 0.15) is 12.5 Å². The highest BCUT2D eigenvalue weighted by atomic mass is 32.2. The van der Waals surface area contributed by atoms with Gasteiger partial charge in [-0.1, -0.05) is 83.8 Å². The molecule has 1 heterocycles. The normalized spacial score (nSPS) is 11.1. The van der Waals surface area contributed by atoms with Crippen LogP contribution in [0.25, 0.3) is 21.3 Å². The Kier molecular flexibility index (Phi) is 6.91. The number of thioether (sulfide) groups is 1. The van der Waals surface area contributed by atoms with Crippen molar-refractivity contribution in [3.8, 4) is 16.3 Å². The predicted molar refractivity (Wildman–Crippen MR) is 127 cm³/mol. The molecule has 31 heavy (non-hydrogen) atoms. The van der Waals surface area contributed by atoms with E-state index in [9.17, 15) is 4.79 Å². The average molecular weight is 449 g/mol. The van der Waals surface area contributed by atoms with Gasteiger partial charge in [0, 0.05) is 11.1 Å². The summed E-state index contributed by atoms with van der Waals surface area (Å²) in [5.41, 5.74) is 4.44. The van der Waals surface area contributed by atoms with Crippen LogP contribution in [0.15, 0.2) is 76.2 Å². The molecule has 0 atom stereocenters. The van der Waals surface area contributed by atoms with E-state index in [1.807, 2.05) is 73.7 Å². The predicted octanol–water partition coefficient (Wildman–Crippen LogP) is 5.00. The highest BCUT2D eigenvalue weighted by Gasteiger charge is 2.10. The number of benzene rings is 3. The molecule has 0 saturated heterocycles. The number of carbonyl (C=O) groups is 1. The lowest BCUT2D eigenvalue weighted by molar-refractivity contribution is -0.118. The van der Waals surface area contributed by atoms with E-state index in [0.717, 1.165) is 37.0 Å². The van der Waals surface area contributed by atoms with Crippen molar-refractivity contribution in [2.45, 2.75) is 11.3 Å². The average Bonchev–Trinajstić information content (AvgIpc) is 3.29. The van der Waals surface area contributed by atoms with Gasteiger partial charge in [-0.2, -0.15) is 5.10 Å². The van der Waals surface area contributed by atoms with E-state index in [0.29, 0.717) is 6.61 Å². The zero-order valence-corrected chi connectivity index (χ0v) is 18.5. The fourth-order valence-electron chi connectivity index (χ4n) is 2.98. The van der Waals surface area contributed by atoms with E-state index in [4.69, 9.17) is 4.74 Å². The molecule has 8 heteroatoms. The Balaban J connectivity index is 1.38. The standard InChI is InChI=1S/C23H20N4O2S2/c1-2-29-20-13-12-16-8-6-7-11-18(16)19(20)14-24-25-21(28)15-30-23-27-26-22(31-23)17-9-4-3-5-10-17/h3-14H,2,15H2,1H3,(H,25,28). The Labute approximate surface area is 188 Å². The molecule has 0 aliphatic rings. The number of fused-ring (bicyclic) bond motifs is 1. The van der Waals surface area contributed by atoms with E-state index < -0.39 is 0 Å². The summed E-state index contributed by atoms with van der Waals surface area (Å²) in [6.45, 7) is 2.49. The molecule has 156 valence electrons. The molecule has 0 unspecified atom stereocenters. The van der Waals surface area contributed by atoms with Crippen molar-refractivity contribution in [1.82, 2.24) is 15.6 Å². The summed E-state index contributed by atoms with van der Waals surface area (Å²) in [5, 5.41) is 15.4. The van der Waals surface area contributed by atoms with Crippen LogP contribution >= 0.6 is 23.1 Å². The minimum atomic E-state index is -0.212. The monoisotopic (exact) mass is 448 g/mol. The van der Waals surface area contributed by atoms with Gasteiger partial charge in [0.05, 0.1) is 18.6 Å². The van der Waals surface area contributed by atoms with Crippen LogP contribution in [0.2, 0.25) is 0 Å². The van der Waals surface area contributed by atoms with Crippen molar-refractivity contribution in [1.29, 1.82) is 0 Å². The number of ether oxygens (including phenoxy) is 1. The third kappa shape index (κ3) is 5.28. The highest BCUT2D eigenvalue weighted by molar-refractivity contribution is 8.01. The molecule has 1 amide bonds. The summed E-state index contributed by atoms with van der Waals surface area (Å²) in [6.07, 6.45) is 1.63. The molecule has 6 nitrogen and oxygen atoms in total. The van der Waals surface area contributed by atoms with Gasteiger partial charge >= 0.3 is 0 Å². The minimum Gasteiger partial charge on any atom is -0.493 e. The van der Waals surface area contributed by atoms with E-state index >= 15 is 0 Å². The first-order chi connectivity index (χ1) is 15.2. The van der Waals surface area contributed by atoms with Crippen LogP contribution in [0.3, 0.4) is 0 Å². The summed E-state index contributed by atoms with van der Waals surface area (Å²) < 4.78 is 6.47. The second kappa shape index (κ2) is 10.2. The number of hydrogen-bond donors (Lipinski definition) is 1. The quantitative estimate of drug-likeness (QED) is 0.233. The first kappa shape index (κ1) is 21.0.